The summed E-state index contributed by atoms with van der Waals surface area (Å²) in [6, 6.07) is 0. The molecule has 0 rings (SSSR count). The average molecular weight is 258 g/mol. The van der Waals surface area contributed by atoms with Gasteiger partial charge in [-0.3, -0.25) is 14.4 Å². The average Bonchev–Trinajstić information content (AvgIpc) is 2.26. The minimum Gasteiger partial charge on any atom is -0.480 e. The van der Waals surface area contributed by atoms with Gasteiger partial charge >= 0.3 is 5.97 Å². The molecule has 0 aromatic carbocycles. The Morgan fingerprint density at radius 3 is 2.00 bits per heavy atom. The van der Waals surface area contributed by atoms with Crippen LogP contribution in [0.4, 0.5) is 0 Å². The lowest BCUT2D eigenvalue weighted by atomic mass is 9.91. The van der Waals surface area contributed by atoms with Crippen molar-refractivity contribution in [3.63, 3.8) is 0 Å². The highest BCUT2D eigenvalue weighted by atomic mass is 16.4. The lowest BCUT2D eigenvalue weighted by molar-refractivity contribution is -0.159. The first-order valence-electron chi connectivity index (χ1n) is 5.87. The van der Waals surface area contributed by atoms with Gasteiger partial charge in [0.15, 0.2) is 0 Å². The highest BCUT2D eigenvalue weighted by Crippen LogP contribution is 2.19. The summed E-state index contributed by atoms with van der Waals surface area (Å²) in [4.78, 5) is 37.5. The molecule has 0 radical (unpaired) electrons. The van der Waals surface area contributed by atoms with E-state index in [1.165, 1.54) is 23.6 Å². The number of carbonyl (C=O) groups excluding carboxylic acids is 2. The minimum atomic E-state index is -1.51. The molecule has 0 aliphatic heterocycles. The van der Waals surface area contributed by atoms with Crippen LogP contribution in [0.5, 0.6) is 0 Å². The van der Waals surface area contributed by atoms with Crippen LogP contribution in [0.15, 0.2) is 0 Å². The van der Waals surface area contributed by atoms with Gasteiger partial charge in [0.25, 0.3) is 0 Å². The number of rotatable bonds is 6. The van der Waals surface area contributed by atoms with Crippen molar-refractivity contribution in [2.24, 2.45) is 5.41 Å². The van der Waals surface area contributed by atoms with Crippen molar-refractivity contribution < 1.29 is 19.5 Å². The van der Waals surface area contributed by atoms with E-state index >= 15 is 0 Å². The van der Waals surface area contributed by atoms with E-state index < -0.39 is 17.3 Å². The molecular weight excluding hydrogens is 236 g/mol. The maximum Gasteiger partial charge on any atom is 0.318 e. The van der Waals surface area contributed by atoms with Crippen molar-refractivity contribution >= 4 is 17.8 Å². The largest absolute Gasteiger partial charge is 0.480 e. The van der Waals surface area contributed by atoms with Crippen LogP contribution in [0, 0.1) is 5.41 Å². The zero-order valence-corrected chi connectivity index (χ0v) is 11.7. The number of carboxylic acid groups (broad SMARTS) is 1. The molecule has 2 amide bonds. The Hall–Kier alpha value is -1.59. The zero-order chi connectivity index (χ0) is 14.5. The SMILES string of the molecule is CCCN(CC(=O)N(C)C)C(=O)C(C)(C)C(=O)O. The number of hydrogen-bond acceptors (Lipinski definition) is 3. The number of nitrogens with zero attached hydrogens (tertiary/aromatic N) is 2. The van der Waals surface area contributed by atoms with Crippen molar-refractivity contribution in [1.82, 2.24) is 9.80 Å². The predicted molar refractivity (Wildman–Crippen MR) is 67.0 cm³/mol. The van der Waals surface area contributed by atoms with Crippen LogP contribution < -0.4 is 0 Å². The summed E-state index contributed by atoms with van der Waals surface area (Å²) < 4.78 is 0. The molecule has 6 heteroatoms. The molecule has 0 aromatic heterocycles. The van der Waals surface area contributed by atoms with Crippen LogP contribution in [-0.2, 0) is 14.4 Å². The van der Waals surface area contributed by atoms with Gasteiger partial charge in [0.2, 0.25) is 11.8 Å². The Bertz CT molecular complexity index is 337. The first-order valence-corrected chi connectivity index (χ1v) is 5.87. The highest BCUT2D eigenvalue weighted by molar-refractivity contribution is 6.02. The van der Waals surface area contributed by atoms with E-state index in [0.717, 1.165) is 0 Å². The highest BCUT2D eigenvalue weighted by Gasteiger charge is 2.39. The molecule has 0 saturated heterocycles. The second-order valence-corrected chi connectivity index (χ2v) is 4.95. The maximum atomic E-state index is 12.1. The molecule has 0 aromatic rings. The molecule has 0 heterocycles. The Kier molecular flexibility index (Phi) is 5.81. The van der Waals surface area contributed by atoms with E-state index in [2.05, 4.69) is 0 Å². The van der Waals surface area contributed by atoms with Crippen molar-refractivity contribution in [1.29, 1.82) is 0 Å². The Balaban J connectivity index is 4.96. The van der Waals surface area contributed by atoms with Gasteiger partial charge in [-0.2, -0.15) is 0 Å². The van der Waals surface area contributed by atoms with Gasteiger partial charge in [0, 0.05) is 20.6 Å². The number of aliphatic carboxylic acids is 1. The van der Waals surface area contributed by atoms with Gasteiger partial charge in [0.05, 0.1) is 6.54 Å². The van der Waals surface area contributed by atoms with Gasteiger partial charge in [0.1, 0.15) is 5.41 Å². The van der Waals surface area contributed by atoms with Gasteiger partial charge in [-0.1, -0.05) is 6.92 Å². The summed E-state index contributed by atoms with van der Waals surface area (Å²) in [6.07, 6.45) is 0.669. The summed E-state index contributed by atoms with van der Waals surface area (Å²) in [5.41, 5.74) is -1.51. The second-order valence-electron chi connectivity index (χ2n) is 4.95. The summed E-state index contributed by atoms with van der Waals surface area (Å²) in [5, 5.41) is 9.03. The molecule has 104 valence electrons. The lowest BCUT2D eigenvalue weighted by Crippen LogP contribution is -2.48. The zero-order valence-electron chi connectivity index (χ0n) is 11.7. The molecule has 1 N–H and O–H groups in total. The van der Waals surface area contributed by atoms with Gasteiger partial charge < -0.3 is 14.9 Å². The third kappa shape index (κ3) is 4.01. The third-order valence-corrected chi connectivity index (χ3v) is 2.67. The van der Waals surface area contributed by atoms with Crippen molar-refractivity contribution in [3.05, 3.63) is 0 Å². The molecule has 6 nitrogen and oxygen atoms in total. The quantitative estimate of drug-likeness (QED) is 0.701. The maximum absolute atomic E-state index is 12.1. The van der Waals surface area contributed by atoms with E-state index in [9.17, 15) is 14.4 Å². The number of carbonyl (C=O) groups is 3. The first kappa shape index (κ1) is 16.4. The third-order valence-electron chi connectivity index (χ3n) is 2.67. The Labute approximate surface area is 108 Å². The fraction of sp³-hybridized carbons (Fsp3) is 0.750. The molecular formula is C12H22N2O4. The number of hydrogen-bond donors (Lipinski definition) is 1. The minimum absolute atomic E-state index is 0.0869. The normalized spacial score (nSPS) is 10.9. The van der Waals surface area contributed by atoms with E-state index in [1.54, 1.807) is 14.1 Å². The summed E-state index contributed by atoms with van der Waals surface area (Å²) in [6.45, 7) is 4.85. The van der Waals surface area contributed by atoms with Crippen LogP contribution in [-0.4, -0.2) is 59.9 Å². The predicted octanol–water partition coefficient (Wildman–Crippen LogP) is 0.424. The van der Waals surface area contributed by atoms with Crippen LogP contribution in [0.3, 0.4) is 0 Å². The van der Waals surface area contributed by atoms with Gasteiger partial charge in [-0.05, 0) is 20.3 Å². The molecule has 0 fully saturated rings. The Morgan fingerprint density at radius 1 is 1.17 bits per heavy atom. The van der Waals surface area contributed by atoms with Crippen LogP contribution in [0.25, 0.3) is 0 Å². The summed E-state index contributed by atoms with van der Waals surface area (Å²) in [7, 11) is 3.19. The fourth-order valence-corrected chi connectivity index (χ4v) is 1.31. The van der Waals surface area contributed by atoms with Gasteiger partial charge in [-0.15, -0.1) is 0 Å². The first-order chi connectivity index (χ1) is 8.14. The van der Waals surface area contributed by atoms with Crippen LogP contribution in [0.1, 0.15) is 27.2 Å². The molecule has 0 saturated carbocycles. The Morgan fingerprint density at radius 2 is 1.67 bits per heavy atom. The van der Waals surface area contributed by atoms with Crippen LogP contribution >= 0.6 is 0 Å². The number of amides is 2. The van der Waals surface area contributed by atoms with Crippen LogP contribution in [0.2, 0.25) is 0 Å². The molecule has 0 aliphatic rings. The molecule has 0 aliphatic carbocycles. The van der Waals surface area contributed by atoms with Crippen molar-refractivity contribution in [2.75, 3.05) is 27.2 Å². The van der Waals surface area contributed by atoms with Crippen molar-refractivity contribution in [2.45, 2.75) is 27.2 Å². The fourth-order valence-electron chi connectivity index (χ4n) is 1.31. The smallest absolute Gasteiger partial charge is 0.318 e. The molecule has 0 bridgehead atoms. The molecule has 0 unspecified atom stereocenters. The summed E-state index contributed by atoms with van der Waals surface area (Å²) in [5.74, 6) is -1.95. The van der Waals surface area contributed by atoms with E-state index in [0.29, 0.717) is 13.0 Å². The molecule has 18 heavy (non-hydrogen) atoms. The van der Waals surface area contributed by atoms with E-state index in [4.69, 9.17) is 5.11 Å². The number of carboxylic acids is 1. The summed E-state index contributed by atoms with van der Waals surface area (Å²) >= 11 is 0. The topological polar surface area (TPSA) is 77.9 Å². The van der Waals surface area contributed by atoms with E-state index in [1.807, 2.05) is 6.92 Å². The number of likely N-dealkylation sites (N-methyl/N-ethyl adjacent to an activating group) is 1. The lowest BCUT2D eigenvalue weighted by Gasteiger charge is -2.29. The molecule has 0 spiro atoms. The monoisotopic (exact) mass is 258 g/mol. The molecule has 0 atom stereocenters. The van der Waals surface area contributed by atoms with Gasteiger partial charge in [-0.25, -0.2) is 0 Å². The van der Waals surface area contributed by atoms with Crippen molar-refractivity contribution in [3.8, 4) is 0 Å². The van der Waals surface area contributed by atoms with E-state index in [-0.39, 0.29) is 12.5 Å². The second kappa shape index (κ2) is 6.37. The standard InChI is InChI=1S/C12H22N2O4/c1-6-7-14(8-9(15)13(4)5)10(16)12(2,3)11(17)18/h6-8H2,1-5H3,(H,17,18).